The molecule has 1 heterocycles. The first-order chi connectivity index (χ1) is 6.38. The summed E-state index contributed by atoms with van der Waals surface area (Å²) in [4.78, 5) is 8.29. The molecule has 0 spiro atoms. The maximum absolute atomic E-state index is 5.25. The highest BCUT2D eigenvalue weighted by atomic mass is 15.0. The van der Waals surface area contributed by atoms with Crippen molar-refractivity contribution in [1.29, 1.82) is 0 Å². The summed E-state index contributed by atoms with van der Waals surface area (Å²) in [6.07, 6.45) is 9.33. The fourth-order valence-electron chi connectivity index (χ4n) is 1.11. The average molecular weight is 175 g/mol. The Labute approximate surface area is 78.6 Å². The first kappa shape index (κ1) is 9.69. The summed E-state index contributed by atoms with van der Waals surface area (Å²) in [6, 6.07) is 1.87. The van der Waals surface area contributed by atoms with Crippen molar-refractivity contribution in [3.63, 3.8) is 0 Å². The van der Waals surface area contributed by atoms with Crippen LogP contribution in [0.25, 0.3) is 0 Å². The molecule has 0 aliphatic rings. The molecule has 1 rings (SSSR count). The second-order valence-electron chi connectivity index (χ2n) is 2.63. The summed E-state index contributed by atoms with van der Waals surface area (Å²) in [7, 11) is 0. The molecule has 0 saturated heterocycles. The minimum atomic E-state index is 0.0798. The monoisotopic (exact) mass is 175 g/mol. The van der Waals surface area contributed by atoms with Gasteiger partial charge in [-0.2, -0.15) is 0 Å². The Morgan fingerprint density at radius 1 is 1.54 bits per heavy atom. The fourth-order valence-corrected chi connectivity index (χ4v) is 1.11. The van der Waals surface area contributed by atoms with Gasteiger partial charge in [-0.3, -0.25) is 0 Å². The van der Waals surface area contributed by atoms with E-state index in [4.69, 9.17) is 6.42 Å². The molecule has 1 atom stereocenters. The van der Waals surface area contributed by atoms with Crippen LogP contribution >= 0.6 is 0 Å². The van der Waals surface area contributed by atoms with Crippen molar-refractivity contribution < 1.29 is 0 Å². The summed E-state index contributed by atoms with van der Waals surface area (Å²) in [5.41, 5.74) is 0. The smallest absolute Gasteiger partial charge is 0.146 e. The first-order valence-corrected chi connectivity index (χ1v) is 4.32. The summed E-state index contributed by atoms with van der Waals surface area (Å²) in [5.74, 6) is 3.37. The van der Waals surface area contributed by atoms with Crippen molar-refractivity contribution in [3.8, 4) is 12.3 Å². The van der Waals surface area contributed by atoms with E-state index in [2.05, 4.69) is 21.2 Å². The third-order valence-electron chi connectivity index (χ3n) is 1.67. The first-order valence-electron chi connectivity index (χ1n) is 4.32. The van der Waals surface area contributed by atoms with Crippen LogP contribution in [0.1, 0.15) is 25.2 Å². The minimum Gasteiger partial charge on any atom is -0.307 e. The molecule has 0 aliphatic carbocycles. The van der Waals surface area contributed by atoms with Crippen molar-refractivity contribution in [2.24, 2.45) is 0 Å². The van der Waals surface area contributed by atoms with Crippen LogP contribution in [0.5, 0.6) is 0 Å². The lowest BCUT2D eigenvalue weighted by Crippen LogP contribution is -2.22. The van der Waals surface area contributed by atoms with Gasteiger partial charge in [0.1, 0.15) is 5.82 Å². The Hall–Kier alpha value is -1.40. The zero-order chi connectivity index (χ0) is 9.52. The molecule has 0 aromatic carbocycles. The largest absolute Gasteiger partial charge is 0.307 e. The number of hydrogen-bond acceptors (Lipinski definition) is 3. The van der Waals surface area contributed by atoms with Gasteiger partial charge in [0.2, 0.25) is 0 Å². The van der Waals surface area contributed by atoms with E-state index in [0.717, 1.165) is 12.4 Å². The van der Waals surface area contributed by atoms with Gasteiger partial charge in [-0.15, -0.1) is 12.3 Å². The van der Waals surface area contributed by atoms with Crippen molar-refractivity contribution in [1.82, 2.24) is 15.3 Å². The van der Waals surface area contributed by atoms with Gasteiger partial charge in [0.15, 0.2) is 0 Å². The van der Waals surface area contributed by atoms with Crippen molar-refractivity contribution in [2.45, 2.75) is 19.4 Å². The minimum absolute atomic E-state index is 0.0798. The van der Waals surface area contributed by atoms with E-state index >= 15 is 0 Å². The molecule has 13 heavy (non-hydrogen) atoms. The Bertz CT molecular complexity index is 276. The van der Waals surface area contributed by atoms with Gasteiger partial charge >= 0.3 is 0 Å². The van der Waals surface area contributed by atoms with E-state index in [1.54, 1.807) is 18.5 Å². The molecule has 68 valence electrons. The standard InChI is InChI=1S/C10H13N3/c1-3-6-9(11-4-2)10-12-7-5-8-13-10/h1,5,7-9,11H,4,6H2,2H3. The third kappa shape index (κ3) is 2.85. The summed E-state index contributed by atoms with van der Waals surface area (Å²) in [6.45, 7) is 2.90. The van der Waals surface area contributed by atoms with Crippen molar-refractivity contribution >= 4 is 0 Å². The van der Waals surface area contributed by atoms with Gasteiger partial charge in [0.05, 0.1) is 6.04 Å². The van der Waals surface area contributed by atoms with E-state index in [1.165, 1.54) is 0 Å². The Morgan fingerprint density at radius 2 is 2.23 bits per heavy atom. The maximum Gasteiger partial charge on any atom is 0.146 e. The zero-order valence-corrected chi connectivity index (χ0v) is 7.70. The van der Waals surface area contributed by atoms with E-state index in [-0.39, 0.29) is 6.04 Å². The van der Waals surface area contributed by atoms with Crippen LogP contribution in [0.15, 0.2) is 18.5 Å². The van der Waals surface area contributed by atoms with Crippen molar-refractivity contribution in [3.05, 3.63) is 24.3 Å². The molecule has 1 aromatic heterocycles. The maximum atomic E-state index is 5.25. The molecular formula is C10H13N3. The number of terminal acetylenes is 1. The topological polar surface area (TPSA) is 37.8 Å². The normalized spacial score (nSPS) is 12.0. The van der Waals surface area contributed by atoms with Gasteiger partial charge < -0.3 is 5.32 Å². The summed E-state index contributed by atoms with van der Waals surface area (Å²) in [5, 5.41) is 3.23. The average Bonchev–Trinajstić information content (AvgIpc) is 2.19. The Kier molecular flexibility index (Phi) is 3.94. The molecule has 0 aliphatic heterocycles. The highest BCUT2D eigenvalue weighted by molar-refractivity contribution is 5.01. The third-order valence-corrected chi connectivity index (χ3v) is 1.67. The van der Waals surface area contributed by atoms with Gasteiger partial charge in [0.25, 0.3) is 0 Å². The van der Waals surface area contributed by atoms with Gasteiger partial charge in [-0.25, -0.2) is 9.97 Å². The molecule has 0 amide bonds. The lowest BCUT2D eigenvalue weighted by Gasteiger charge is -2.12. The lowest BCUT2D eigenvalue weighted by molar-refractivity contribution is 0.535. The highest BCUT2D eigenvalue weighted by Crippen LogP contribution is 2.09. The van der Waals surface area contributed by atoms with E-state index in [0.29, 0.717) is 6.42 Å². The molecule has 3 heteroatoms. The molecule has 1 aromatic rings. The van der Waals surface area contributed by atoms with Crippen LogP contribution in [-0.2, 0) is 0 Å². The lowest BCUT2D eigenvalue weighted by atomic mass is 10.2. The molecule has 1 unspecified atom stereocenters. The predicted octanol–water partition coefficient (Wildman–Crippen LogP) is 1.15. The van der Waals surface area contributed by atoms with Crippen LogP contribution in [0, 0.1) is 12.3 Å². The SMILES string of the molecule is C#CCC(NCC)c1ncccn1. The van der Waals surface area contributed by atoms with Crippen LogP contribution in [0.4, 0.5) is 0 Å². The molecule has 0 radical (unpaired) electrons. The molecule has 0 bridgehead atoms. The van der Waals surface area contributed by atoms with Crippen LogP contribution in [0.3, 0.4) is 0 Å². The van der Waals surface area contributed by atoms with Gasteiger partial charge in [-0.1, -0.05) is 6.92 Å². The number of rotatable bonds is 4. The quantitative estimate of drug-likeness (QED) is 0.697. The van der Waals surface area contributed by atoms with Crippen molar-refractivity contribution in [2.75, 3.05) is 6.54 Å². The van der Waals surface area contributed by atoms with E-state index in [1.807, 2.05) is 6.92 Å². The number of nitrogens with zero attached hydrogens (tertiary/aromatic N) is 2. The van der Waals surface area contributed by atoms with E-state index in [9.17, 15) is 0 Å². The number of aromatic nitrogens is 2. The summed E-state index contributed by atoms with van der Waals surface area (Å²) < 4.78 is 0. The molecule has 3 nitrogen and oxygen atoms in total. The Balaban J connectivity index is 2.71. The van der Waals surface area contributed by atoms with Crippen LogP contribution in [0.2, 0.25) is 0 Å². The Morgan fingerprint density at radius 3 is 2.77 bits per heavy atom. The second-order valence-corrected chi connectivity index (χ2v) is 2.63. The summed E-state index contributed by atoms with van der Waals surface area (Å²) >= 11 is 0. The number of hydrogen-bond donors (Lipinski definition) is 1. The molecule has 0 saturated carbocycles. The van der Waals surface area contributed by atoms with Crippen LogP contribution < -0.4 is 5.32 Å². The number of nitrogens with one attached hydrogen (secondary N) is 1. The predicted molar refractivity (Wildman–Crippen MR) is 51.9 cm³/mol. The second kappa shape index (κ2) is 5.28. The molecule has 0 fully saturated rings. The van der Waals surface area contributed by atoms with Gasteiger partial charge in [-0.05, 0) is 12.6 Å². The van der Waals surface area contributed by atoms with Crippen LogP contribution in [-0.4, -0.2) is 16.5 Å². The fraction of sp³-hybridized carbons (Fsp3) is 0.400. The molecular weight excluding hydrogens is 162 g/mol. The van der Waals surface area contributed by atoms with E-state index < -0.39 is 0 Å². The van der Waals surface area contributed by atoms with Gasteiger partial charge in [0, 0.05) is 18.8 Å². The molecule has 1 N–H and O–H groups in total. The zero-order valence-electron chi connectivity index (χ0n) is 7.70. The highest BCUT2D eigenvalue weighted by Gasteiger charge is 2.10.